The zero-order valence-electron chi connectivity index (χ0n) is 16.3. The summed E-state index contributed by atoms with van der Waals surface area (Å²) in [5, 5.41) is 15.5. The molecule has 0 radical (unpaired) electrons. The topological polar surface area (TPSA) is 63.5 Å². The maximum atomic E-state index is 14.0. The van der Waals surface area contributed by atoms with Gasteiger partial charge >= 0.3 is 0 Å². The summed E-state index contributed by atoms with van der Waals surface area (Å²) in [6, 6.07) is 17.7. The highest BCUT2D eigenvalue weighted by Gasteiger charge is 2.29. The number of rotatable bonds is 5. The molecule has 2 aromatic carbocycles. The highest BCUT2D eigenvalue weighted by Crippen LogP contribution is 2.20. The van der Waals surface area contributed by atoms with E-state index in [1.54, 1.807) is 19.2 Å². The predicted molar refractivity (Wildman–Crippen MR) is 109 cm³/mol. The molecule has 1 heterocycles. The normalized spacial score (nSPS) is 20.0. The zero-order chi connectivity index (χ0) is 19.9. The van der Waals surface area contributed by atoms with E-state index in [0.717, 1.165) is 19.5 Å². The molecule has 3 rings (SSSR count). The Labute approximate surface area is 165 Å². The molecule has 5 nitrogen and oxygen atoms in total. The van der Waals surface area contributed by atoms with Gasteiger partial charge in [0, 0.05) is 44.3 Å². The highest BCUT2D eigenvalue weighted by atomic mass is 19.1. The van der Waals surface area contributed by atoms with Crippen molar-refractivity contribution in [2.45, 2.75) is 38.5 Å². The van der Waals surface area contributed by atoms with Crippen LogP contribution >= 0.6 is 0 Å². The van der Waals surface area contributed by atoms with Gasteiger partial charge in [-0.3, -0.25) is 9.89 Å². The molecule has 2 N–H and O–H groups in total. The molecular formula is C22H26FN5. The van der Waals surface area contributed by atoms with Crippen molar-refractivity contribution in [3.05, 3.63) is 71.0 Å². The summed E-state index contributed by atoms with van der Waals surface area (Å²) in [6.07, 6.45) is 1.03. The van der Waals surface area contributed by atoms with Crippen LogP contribution in [0.5, 0.6) is 0 Å². The van der Waals surface area contributed by atoms with Crippen molar-refractivity contribution in [2.75, 3.05) is 13.6 Å². The van der Waals surface area contributed by atoms with Gasteiger partial charge in [-0.15, -0.1) is 0 Å². The fourth-order valence-corrected chi connectivity index (χ4v) is 3.57. The Morgan fingerprint density at radius 2 is 2.07 bits per heavy atom. The van der Waals surface area contributed by atoms with Crippen LogP contribution in [-0.4, -0.2) is 36.5 Å². The predicted octanol–water partition coefficient (Wildman–Crippen LogP) is 3.03. The third-order valence-corrected chi connectivity index (χ3v) is 5.13. The Morgan fingerprint density at radius 3 is 2.75 bits per heavy atom. The molecule has 146 valence electrons. The molecule has 0 aliphatic carbocycles. The molecule has 6 heteroatoms. The van der Waals surface area contributed by atoms with Crippen molar-refractivity contribution in [3.63, 3.8) is 0 Å². The number of nitrogens with zero attached hydrogens (tertiary/aromatic N) is 3. The molecular weight excluding hydrogens is 353 g/mol. The lowest BCUT2D eigenvalue weighted by molar-refractivity contribution is 0.258. The third-order valence-electron chi connectivity index (χ3n) is 5.13. The SMILES string of the molecule is CN=C(NCc1ccc(C#N)cc1F)NC1CC(C)N(Cc2ccccc2)C1. The summed E-state index contributed by atoms with van der Waals surface area (Å²) in [4.78, 5) is 6.72. The summed E-state index contributed by atoms with van der Waals surface area (Å²) >= 11 is 0. The van der Waals surface area contributed by atoms with Crippen LogP contribution < -0.4 is 10.6 Å². The minimum Gasteiger partial charge on any atom is -0.352 e. The number of halogens is 1. The Balaban J connectivity index is 1.53. The van der Waals surface area contributed by atoms with Gasteiger partial charge in [0.15, 0.2) is 5.96 Å². The number of guanidine groups is 1. The van der Waals surface area contributed by atoms with Crippen molar-refractivity contribution < 1.29 is 4.39 Å². The summed E-state index contributed by atoms with van der Waals surface area (Å²) in [6.45, 7) is 4.42. The van der Waals surface area contributed by atoms with Gasteiger partial charge in [-0.25, -0.2) is 4.39 Å². The smallest absolute Gasteiger partial charge is 0.191 e. The van der Waals surface area contributed by atoms with Gasteiger partial charge in [-0.1, -0.05) is 36.4 Å². The van der Waals surface area contributed by atoms with E-state index >= 15 is 0 Å². The van der Waals surface area contributed by atoms with E-state index in [-0.39, 0.29) is 11.9 Å². The number of aliphatic imine (C=N–C) groups is 1. The number of hydrogen-bond donors (Lipinski definition) is 2. The third kappa shape index (κ3) is 5.08. The summed E-state index contributed by atoms with van der Waals surface area (Å²) in [5.41, 5.74) is 2.14. The monoisotopic (exact) mass is 379 g/mol. The van der Waals surface area contributed by atoms with Crippen molar-refractivity contribution in [2.24, 2.45) is 4.99 Å². The molecule has 0 amide bonds. The second kappa shape index (κ2) is 9.34. The van der Waals surface area contributed by atoms with Crippen molar-refractivity contribution >= 4 is 5.96 Å². The molecule has 0 spiro atoms. The van der Waals surface area contributed by atoms with E-state index in [2.05, 4.69) is 51.7 Å². The van der Waals surface area contributed by atoms with Gasteiger partial charge < -0.3 is 10.6 Å². The fraction of sp³-hybridized carbons (Fsp3) is 0.364. The van der Waals surface area contributed by atoms with Crippen LogP contribution in [-0.2, 0) is 13.1 Å². The van der Waals surface area contributed by atoms with E-state index in [1.165, 1.54) is 11.6 Å². The van der Waals surface area contributed by atoms with Gasteiger partial charge in [-0.2, -0.15) is 5.26 Å². The molecule has 2 aromatic rings. The first kappa shape index (κ1) is 19.8. The number of nitriles is 1. The van der Waals surface area contributed by atoms with Gasteiger partial charge in [0.05, 0.1) is 11.6 Å². The van der Waals surface area contributed by atoms with Gasteiger partial charge in [0.1, 0.15) is 5.82 Å². The van der Waals surface area contributed by atoms with Gasteiger partial charge in [-0.05, 0) is 31.0 Å². The van der Waals surface area contributed by atoms with E-state index in [4.69, 9.17) is 5.26 Å². The van der Waals surface area contributed by atoms with Crippen molar-refractivity contribution in [3.8, 4) is 6.07 Å². The molecule has 0 aromatic heterocycles. The van der Waals surface area contributed by atoms with Crippen LogP contribution in [0.2, 0.25) is 0 Å². The minimum atomic E-state index is -0.384. The van der Waals surface area contributed by atoms with Gasteiger partial charge in [0.25, 0.3) is 0 Å². The lowest BCUT2D eigenvalue weighted by atomic mass is 10.1. The van der Waals surface area contributed by atoms with Crippen LogP contribution in [0.1, 0.15) is 30.0 Å². The molecule has 1 fully saturated rings. The maximum Gasteiger partial charge on any atom is 0.191 e. The second-order valence-electron chi connectivity index (χ2n) is 7.18. The molecule has 2 atom stereocenters. The van der Waals surface area contributed by atoms with Crippen LogP contribution in [0.25, 0.3) is 0 Å². The van der Waals surface area contributed by atoms with Crippen LogP contribution in [0.4, 0.5) is 4.39 Å². The van der Waals surface area contributed by atoms with E-state index in [1.807, 2.05) is 12.1 Å². The standard InChI is InChI=1S/C22H26FN5/c1-16-10-20(15-28(16)14-17-6-4-3-5-7-17)27-22(25-2)26-13-19-9-8-18(12-24)11-21(19)23/h3-9,11,16,20H,10,13-15H2,1-2H3,(H2,25,26,27). The van der Waals surface area contributed by atoms with Crippen LogP contribution in [0.15, 0.2) is 53.5 Å². The average Bonchev–Trinajstić information content (AvgIpc) is 3.05. The number of likely N-dealkylation sites (tertiary alicyclic amines) is 1. The quantitative estimate of drug-likeness (QED) is 0.619. The molecule has 2 unspecified atom stereocenters. The first-order valence-electron chi connectivity index (χ1n) is 9.52. The van der Waals surface area contributed by atoms with E-state index < -0.39 is 0 Å². The van der Waals surface area contributed by atoms with E-state index in [9.17, 15) is 4.39 Å². The Morgan fingerprint density at radius 1 is 1.29 bits per heavy atom. The van der Waals surface area contributed by atoms with Crippen LogP contribution in [0.3, 0.4) is 0 Å². The average molecular weight is 379 g/mol. The number of nitrogens with one attached hydrogen (secondary N) is 2. The largest absolute Gasteiger partial charge is 0.352 e. The molecule has 1 saturated heterocycles. The minimum absolute atomic E-state index is 0.288. The molecule has 1 aliphatic rings. The lowest BCUT2D eigenvalue weighted by Crippen LogP contribution is -2.44. The summed E-state index contributed by atoms with van der Waals surface area (Å²) in [7, 11) is 1.71. The molecule has 0 bridgehead atoms. The summed E-state index contributed by atoms with van der Waals surface area (Å²) < 4.78 is 14.0. The fourth-order valence-electron chi connectivity index (χ4n) is 3.57. The number of hydrogen-bond acceptors (Lipinski definition) is 3. The Hall–Kier alpha value is -2.91. The zero-order valence-corrected chi connectivity index (χ0v) is 16.3. The first-order chi connectivity index (χ1) is 13.6. The molecule has 0 saturated carbocycles. The maximum absolute atomic E-state index is 14.0. The van der Waals surface area contributed by atoms with Crippen molar-refractivity contribution in [1.29, 1.82) is 5.26 Å². The Kier molecular flexibility index (Phi) is 6.62. The van der Waals surface area contributed by atoms with Crippen molar-refractivity contribution in [1.82, 2.24) is 15.5 Å². The lowest BCUT2D eigenvalue weighted by Gasteiger charge is -2.21. The van der Waals surface area contributed by atoms with E-state index in [0.29, 0.717) is 29.7 Å². The second-order valence-corrected chi connectivity index (χ2v) is 7.18. The summed E-state index contributed by atoms with van der Waals surface area (Å²) in [5.74, 6) is 0.271. The van der Waals surface area contributed by atoms with Crippen LogP contribution in [0, 0.1) is 17.1 Å². The van der Waals surface area contributed by atoms with Gasteiger partial charge in [0.2, 0.25) is 0 Å². The number of benzene rings is 2. The molecule has 28 heavy (non-hydrogen) atoms. The molecule has 1 aliphatic heterocycles. The Bertz CT molecular complexity index is 859. The first-order valence-corrected chi connectivity index (χ1v) is 9.52. The highest BCUT2D eigenvalue weighted by molar-refractivity contribution is 5.80.